The van der Waals surface area contributed by atoms with Crippen molar-refractivity contribution in [2.75, 3.05) is 5.43 Å². The van der Waals surface area contributed by atoms with E-state index in [0.29, 0.717) is 6.42 Å². The fraction of sp³-hybridized carbons (Fsp3) is 0.375. The first-order valence-electron chi connectivity index (χ1n) is 7.70. The summed E-state index contributed by atoms with van der Waals surface area (Å²) in [5.41, 5.74) is 1.34. The molecule has 0 bridgehead atoms. The van der Waals surface area contributed by atoms with Crippen LogP contribution in [0.4, 0.5) is 17.1 Å². The Morgan fingerprint density at radius 2 is 1.88 bits per heavy atom. The van der Waals surface area contributed by atoms with Crippen LogP contribution in [0, 0.1) is 25.6 Å². The van der Waals surface area contributed by atoms with Gasteiger partial charge in [-0.15, -0.1) is 0 Å². The number of aliphatic hydroxyl groups is 1. The molecule has 2 N–H and O–H groups in total. The number of non-ortho nitro benzene ring substituents is 1. The van der Waals surface area contributed by atoms with E-state index in [9.17, 15) is 30.1 Å². The van der Waals surface area contributed by atoms with Crippen LogP contribution < -0.4 is 5.43 Å². The monoisotopic (exact) mass is 362 g/mol. The van der Waals surface area contributed by atoms with E-state index in [1.165, 1.54) is 6.92 Å². The molecule has 1 aromatic carbocycles. The van der Waals surface area contributed by atoms with Gasteiger partial charge >= 0.3 is 5.69 Å². The standard InChI is InChI=1S/C16H18N4O6/c1-9(15-13(21)7-16(2,3)8-14(15)22)17-18-11-5-4-10(19(23)24)6-12(11)20(25)26/h4-6,18,21H,7-8H2,1-3H3/b17-9-. The van der Waals surface area contributed by atoms with Crippen LogP contribution in [0.5, 0.6) is 0 Å². The van der Waals surface area contributed by atoms with Gasteiger partial charge in [0.2, 0.25) is 0 Å². The molecule has 26 heavy (non-hydrogen) atoms. The molecule has 0 atom stereocenters. The number of Topliss-reactive ketones (excluding diaryl/α,β-unsaturated/α-hetero) is 1. The van der Waals surface area contributed by atoms with E-state index in [1.54, 1.807) is 0 Å². The molecule has 0 unspecified atom stereocenters. The largest absolute Gasteiger partial charge is 0.511 e. The summed E-state index contributed by atoms with van der Waals surface area (Å²) in [6, 6.07) is 3.08. The third-order valence-corrected chi connectivity index (χ3v) is 3.95. The number of nitro benzene ring substituents is 2. The van der Waals surface area contributed by atoms with E-state index < -0.39 is 21.2 Å². The van der Waals surface area contributed by atoms with Crippen molar-refractivity contribution >= 4 is 28.6 Å². The van der Waals surface area contributed by atoms with E-state index in [4.69, 9.17) is 0 Å². The molecule has 10 nitrogen and oxygen atoms in total. The molecule has 10 heteroatoms. The van der Waals surface area contributed by atoms with Gasteiger partial charge in [-0.3, -0.25) is 30.4 Å². The average Bonchev–Trinajstić information content (AvgIpc) is 2.50. The summed E-state index contributed by atoms with van der Waals surface area (Å²) in [4.78, 5) is 32.6. The smallest absolute Gasteiger partial charge is 0.301 e. The molecule has 0 spiro atoms. The molecule has 0 saturated heterocycles. The third-order valence-electron chi connectivity index (χ3n) is 3.95. The number of nitrogens with one attached hydrogen (secondary N) is 1. The highest BCUT2D eigenvalue weighted by atomic mass is 16.6. The predicted octanol–water partition coefficient (Wildman–Crippen LogP) is 3.49. The Bertz CT molecular complexity index is 856. The third kappa shape index (κ3) is 4.02. The molecule has 2 rings (SSSR count). The van der Waals surface area contributed by atoms with Crippen molar-refractivity contribution in [2.24, 2.45) is 10.5 Å². The minimum absolute atomic E-state index is 0.0661. The maximum Gasteiger partial charge on any atom is 0.301 e. The van der Waals surface area contributed by atoms with Gasteiger partial charge in [0.1, 0.15) is 11.4 Å². The van der Waals surface area contributed by atoms with Crippen LogP contribution in [0.1, 0.15) is 33.6 Å². The van der Waals surface area contributed by atoms with Gasteiger partial charge in [0, 0.05) is 18.9 Å². The fourth-order valence-electron chi connectivity index (χ4n) is 2.78. The molecule has 138 valence electrons. The Balaban J connectivity index is 2.33. The van der Waals surface area contributed by atoms with E-state index >= 15 is 0 Å². The number of hydrogen-bond donors (Lipinski definition) is 2. The maximum atomic E-state index is 12.3. The van der Waals surface area contributed by atoms with Crippen LogP contribution in [0.3, 0.4) is 0 Å². The average molecular weight is 362 g/mol. The number of rotatable bonds is 5. The van der Waals surface area contributed by atoms with Gasteiger partial charge in [0.05, 0.1) is 27.2 Å². The van der Waals surface area contributed by atoms with Crippen LogP contribution in [0.15, 0.2) is 34.6 Å². The topological polar surface area (TPSA) is 148 Å². The molecule has 0 aliphatic heterocycles. The van der Waals surface area contributed by atoms with E-state index in [-0.39, 0.29) is 40.4 Å². The lowest BCUT2D eigenvalue weighted by Gasteiger charge is -2.29. The van der Waals surface area contributed by atoms with Gasteiger partial charge in [-0.1, -0.05) is 13.8 Å². The lowest BCUT2D eigenvalue weighted by molar-refractivity contribution is -0.393. The normalized spacial score (nSPS) is 17.2. The highest BCUT2D eigenvalue weighted by Gasteiger charge is 2.34. The molecule has 1 aliphatic carbocycles. The van der Waals surface area contributed by atoms with Crippen LogP contribution in [-0.4, -0.2) is 26.4 Å². The van der Waals surface area contributed by atoms with Crippen LogP contribution in [0.25, 0.3) is 0 Å². The number of allylic oxidation sites excluding steroid dienone is 2. The SMILES string of the molecule is C/C(=N/Nc1ccc([N+](=O)[O-])cc1[N+](=O)[O-])C1=C(O)CC(C)(C)CC1=O. The Morgan fingerprint density at radius 3 is 2.42 bits per heavy atom. The van der Waals surface area contributed by atoms with Gasteiger partial charge in [-0.05, 0) is 18.4 Å². The fourth-order valence-corrected chi connectivity index (χ4v) is 2.78. The summed E-state index contributed by atoms with van der Waals surface area (Å²) in [6.07, 6.45) is 0.565. The van der Waals surface area contributed by atoms with Crippen molar-refractivity contribution in [3.63, 3.8) is 0 Å². The summed E-state index contributed by atoms with van der Waals surface area (Å²) in [5, 5.41) is 35.9. The van der Waals surface area contributed by atoms with Crippen molar-refractivity contribution in [3.05, 3.63) is 49.8 Å². The zero-order valence-corrected chi connectivity index (χ0v) is 14.5. The second-order valence-corrected chi connectivity index (χ2v) is 6.79. The summed E-state index contributed by atoms with van der Waals surface area (Å²) in [6.45, 7) is 5.22. The van der Waals surface area contributed by atoms with Gasteiger partial charge < -0.3 is 5.11 Å². The number of ketones is 1. The number of benzene rings is 1. The molecule has 0 aromatic heterocycles. The van der Waals surface area contributed by atoms with Crippen molar-refractivity contribution in [1.29, 1.82) is 0 Å². The summed E-state index contributed by atoms with van der Waals surface area (Å²) in [5.74, 6) is -0.340. The zero-order valence-electron chi connectivity index (χ0n) is 14.5. The Morgan fingerprint density at radius 1 is 1.23 bits per heavy atom. The minimum Gasteiger partial charge on any atom is -0.511 e. The first kappa shape index (κ1) is 19.0. The van der Waals surface area contributed by atoms with Gasteiger partial charge in [0.25, 0.3) is 5.69 Å². The first-order valence-corrected chi connectivity index (χ1v) is 7.70. The highest BCUT2D eigenvalue weighted by molar-refractivity contribution is 6.22. The van der Waals surface area contributed by atoms with E-state index in [0.717, 1.165) is 18.2 Å². The van der Waals surface area contributed by atoms with Crippen molar-refractivity contribution in [3.8, 4) is 0 Å². The lowest BCUT2D eigenvalue weighted by Crippen LogP contribution is -2.28. The quantitative estimate of drug-likeness (QED) is 0.462. The Hall–Kier alpha value is -3.30. The number of nitrogens with zero attached hydrogens (tertiary/aromatic N) is 3. The summed E-state index contributed by atoms with van der Waals surface area (Å²) >= 11 is 0. The van der Waals surface area contributed by atoms with Crippen LogP contribution in [-0.2, 0) is 4.79 Å². The first-order chi connectivity index (χ1) is 12.0. The predicted molar refractivity (Wildman–Crippen MR) is 94.2 cm³/mol. The number of hydrogen-bond acceptors (Lipinski definition) is 8. The number of carbonyl (C=O) groups excluding carboxylic acids is 1. The molecular weight excluding hydrogens is 344 g/mol. The molecule has 1 aromatic rings. The molecule has 0 fully saturated rings. The van der Waals surface area contributed by atoms with Crippen LogP contribution in [0.2, 0.25) is 0 Å². The zero-order chi connectivity index (χ0) is 19.6. The molecule has 0 saturated carbocycles. The van der Waals surface area contributed by atoms with Crippen molar-refractivity contribution in [2.45, 2.75) is 33.6 Å². The highest BCUT2D eigenvalue weighted by Crippen LogP contribution is 2.36. The van der Waals surface area contributed by atoms with Gasteiger partial charge in [-0.25, -0.2) is 0 Å². The maximum absolute atomic E-state index is 12.3. The summed E-state index contributed by atoms with van der Waals surface area (Å²) in [7, 11) is 0. The molecule has 0 radical (unpaired) electrons. The molecule has 0 heterocycles. The number of hydrazone groups is 1. The lowest BCUT2D eigenvalue weighted by atomic mass is 9.76. The van der Waals surface area contributed by atoms with E-state index in [1.807, 2.05) is 13.8 Å². The van der Waals surface area contributed by atoms with Crippen molar-refractivity contribution < 1.29 is 19.7 Å². The minimum atomic E-state index is -0.773. The molecule has 1 aliphatic rings. The number of aliphatic hydroxyl groups excluding tert-OH is 1. The van der Waals surface area contributed by atoms with E-state index in [2.05, 4.69) is 10.5 Å². The number of nitro groups is 2. The molecular formula is C16H18N4O6. The van der Waals surface area contributed by atoms with Crippen molar-refractivity contribution in [1.82, 2.24) is 0 Å². The summed E-state index contributed by atoms with van der Waals surface area (Å²) < 4.78 is 0. The second kappa shape index (κ2) is 6.90. The van der Waals surface area contributed by atoms with Gasteiger partial charge in [0.15, 0.2) is 5.78 Å². The Labute approximate surface area is 148 Å². The Kier molecular flexibility index (Phi) is 5.05. The molecule has 0 amide bonds. The number of anilines is 1. The second-order valence-electron chi connectivity index (χ2n) is 6.79. The number of carbonyl (C=O) groups is 1. The van der Waals surface area contributed by atoms with Crippen LogP contribution >= 0.6 is 0 Å². The van der Waals surface area contributed by atoms with Gasteiger partial charge in [-0.2, -0.15) is 5.10 Å².